The van der Waals surface area contributed by atoms with Crippen LogP contribution in [0.3, 0.4) is 0 Å². The second-order valence-corrected chi connectivity index (χ2v) is 8.89. The van der Waals surface area contributed by atoms with Crippen LogP contribution in [0.2, 0.25) is 0 Å². The van der Waals surface area contributed by atoms with Crippen LogP contribution in [-0.2, 0) is 14.4 Å². The predicted octanol–water partition coefficient (Wildman–Crippen LogP) is 4.87. The zero-order valence-electron chi connectivity index (χ0n) is 19.2. The zero-order chi connectivity index (χ0) is 23.7. The lowest BCUT2D eigenvalue weighted by atomic mass is 9.97. The van der Waals surface area contributed by atoms with Gasteiger partial charge in [0.25, 0.3) is 5.91 Å². The lowest BCUT2D eigenvalue weighted by Gasteiger charge is -2.27. The van der Waals surface area contributed by atoms with Crippen molar-refractivity contribution >= 4 is 34.5 Å². The first-order valence-corrected chi connectivity index (χ1v) is 11.8. The van der Waals surface area contributed by atoms with Crippen LogP contribution in [-0.4, -0.2) is 40.2 Å². The van der Waals surface area contributed by atoms with Gasteiger partial charge in [0.1, 0.15) is 11.6 Å². The number of fused-ring (bicyclic) bond motifs is 1. The quantitative estimate of drug-likeness (QED) is 0.390. The molecule has 1 aromatic heterocycles. The van der Waals surface area contributed by atoms with Crippen LogP contribution in [0.15, 0.2) is 64.6 Å². The summed E-state index contributed by atoms with van der Waals surface area (Å²) in [5, 5.41) is 0. The van der Waals surface area contributed by atoms with E-state index < -0.39 is 6.04 Å². The molecular weight excluding hydrogens is 430 g/mol. The van der Waals surface area contributed by atoms with Gasteiger partial charge in [-0.1, -0.05) is 23.8 Å². The Kier molecular flexibility index (Phi) is 6.01. The first-order chi connectivity index (χ1) is 16.5. The number of rotatable bonds is 6. The maximum Gasteiger partial charge on any atom is 0.257 e. The molecule has 1 fully saturated rings. The van der Waals surface area contributed by atoms with Crippen LogP contribution in [0.1, 0.15) is 45.4 Å². The van der Waals surface area contributed by atoms with Gasteiger partial charge in [-0.2, -0.15) is 0 Å². The summed E-state index contributed by atoms with van der Waals surface area (Å²) in [5.74, 6) is -0.361. The highest BCUT2D eigenvalue weighted by molar-refractivity contribution is 6.23. The van der Waals surface area contributed by atoms with Gasteiger partial charge in [0.05, 0.1) is 12.1 Å². The molecule has 1 atom stereocenters. The fourth-order valence-electron chi connectivity index (χ4n) is 4.81. The Bertz CT molecular complexity index is 1240. The van der Waals surface area contributed by atoms with E-state index in [9.17, 15) is 14.4 Å². The molecule has 2 aliphatic rings. The smallest absolute Gasteiger partial charge is 0.257 e. The molecule has 2 aromatic carbocycles. The zero-order valence-corrected chi connectivity index (χ0v) is 19.2. The van der Waals surface area contributed by atoms with Crippen molar-refractivity contribution in [2.45, 2.75) is 51.5 Å². The van der Waals surface area contributed by atoms with E-state index in [2.05, 4.69) is 11.1 Å². The molecule has 0 bridgehead atoms. The van der Waals surface area contributed by atoms with Crippen molar-refractivity contribution in [1.82, 2.24) is 9.88 Å². The summed E-state index contributed by atoms with van der Waals surface area (Å²) in [4.78, 5) is 45.7. The maximum absolute atomic E-state index is 13.3. The number of carbonyl (C=O) groups excluding carboxylic acids is 3. The van der Waals surface area contributed by atoms with Crippen molar-refractivity contribution in [3.63, 3.8) is 0 Å². The lowest BCUT2D eigenvalue weighted by Crippen LogP contribution is -2.45. The largest absolute Gasteiger partial charge is 0.436 e. The number of para-hydroxylation sites is 2. The van der Waals surface area contributed by atoms with E-state index in [0.29, 0.717) is 23.7 Å². The number of oxazole rings is 1. The van der Waals surface area contributed by atoms with Gasteiger partial charge in [-0.15, -0.1) is 0 Å². The molecule has 1 aliphatic carbocycles. The van der Waals surface area contributed by atoms with Gasteiger partial charge in [0, 0.05) is 19.0 Å². The van der Waals surface area contributed by atoms with Crippen LogP contribution in [0.25, 0.3) is 22.6 Å². The average molecular weight is 458 g/mol. The van der Waals surface area contributed by atoms with Crippen molar-refractivity contribution in [2.24, 2.45) is 0 Å². The molecule has 0 spiro atoms. The summed E-state index contributed by atoms with van der Waals surface area (Å²) in [6, 6.07) is 13.8. The van der Waals surface area contributed by atoms with Crippen LogP contribution in [0, 0.1) is 0 Å². The number of imide groups is 1. The minimum absolute atomic E-state index is 0.00431. The minimum Gasteiger partial charge on any atom is -0.436 e. The first kappa shape index (κ1) is 22.1. The number of anilines is 1. The molecule has 5 rings (SSSR count). The molecule has 0 radical (unpaired) electrons. The summed E-state index contributed by atoms with van der Waals surface area (Å²) in [6.07, 6.45) is 7.48. The minimum atomic E-state index is -0.758. The summed E-state index contributed by atoms with van der Waals surface area (Å²) in [5.41, 5.74) is 4.03. The van der Waals surface area contributed by atoms with Crippen molar-refractivity contribution < 1.29 is 18.8 Å². The van der Waals surface area contributed by atoms with E-state index in [-0.39, 0.29) is 24.1 Å². The summed E-state index contributed by atoms with van der Waals surface area (Å²) < 4.78 is 5.81. The highest BCUT2D eigenvalue weighted by atomic mass is 16.3. The van der Waals surface area contributed by atoms with Crippen molar-refractivity contribution in [2.75, 3.05) is 11.4 Å². The van der Waals surface area contributed by atoms with Gasteiger partial charge in [0.15, 0.2) is 5.58 Å². The monoisotopic (exact) mass is 457 g/mol. The fourth-order valence-corrected chi connectivity index (χ4v) is 4.81. The number of carbonyl (C=O) groups is 3. The van der Waals surface area contributed by atoms with Gasteiger partial charge in [-0.05, 0) is 68.5 Å². The second kappa shape index (κ2) is 9.25. The number of benzene rings is 2. The summed E-state index contributed by atoms with van der Waals surface area (Å²) in [7, 11) is 0. The number of hydrogen-bond acceptors (Lipinski definition) is 5. The first-order valence-electron chi connectivity index (χ1n) is 11.8. The van der Waals surface area contributed by atoms with Crippen molar-refractivity contribution in [3.05, 3.63) is 60.2 Å². The van der Waals surface area contributed by atoms with Gasteiger partial charge >= 0.3 is 0 Å². The normalized spacial score (nSPS) is 18.4. The number of allylic oxidation sites excluding steroid dienone is 1. The van der Waals surface area contributed by atoms with Crippen LogP contribution >= 0.6 is 0 Å². The van der Waals surface area contributed by atoms with Gasteiger partial charge in [-0.25, -0.2) is 9.88 Å². The maximum atomic E-state index is 13.3. The number of amides is 3. The fraction of sp³-hybridized carbons (Fsp3) is 0.333. The SMILES string of the molecule is CC(=O)N(CCC1=CCCCC1)C1CC(=O)N(c2ccc(-c3nc4ccccc4o3)cc2)C1=O. The third-order valence-electron chi connectivity index (χ3n) is 6.63. The molecule has 1 aliphatic heterocycles. The Balaban J connectivity index is 1.32. The molecule has 34 heavy (non-hydrogen) atoms. The number of nitrogens with zero attached hydrogens (tertiary/aromatic N) is 3. The van der Waals surface area contributed by atoms with Gasteiger partial charge in [0.2, 0.25) is 17.7 Å². The van der Waals surface area contributed by atoms with Crippen molar-refractivity contribution in [3.8, 4) is 11.5 Å². The third kappa shape index (κ3) is 4.25. The number of hydrogen-bond donors (Lipinski definition) is 0. The van der Waals surface area contributed by atoms with Crippen LogP contribution in [0.4, 0.5) is 5.69 Å². The predicted molar refractivity (Wildman–Crippen MR) is 129 cm³/mol. The van der Waals surface area contributed by atoms with E-state index in [1.807, 2.05) is 24.3 Å². The molecule has 2 heterocycles. The van der Waals surface area contributed by atoms with Crippen molar-refractivity contribution in [1.29, 1.82) is 0 Å². The van der Waals surface area contributed by atoms with Gasteiger partial charge in [-0.3, -0.25) is 14.4 Å². The Hall–Kier alpha value is -3.74. The lowest BCUT2D eigenvalue weighted by molar-refractivity contribution is -0.136. The van der Waals surface area contributed by atoms with E-state index in [4.69, 9.17) is 4.42 Å². The number of aromatic nitrogens is 1. The van der Waals surface area contributed by atoms with E-state index >= 15 is 0 Å². The van der Waals surface area contributed by atoms with Gasteiger partial charge < -0.3 is 9.32 Å². The summed E-state index contributed by atoms with van der Waals surface area (Å²) in [6.45, 7) is 1.92. The molecule has 1 unspecified atom stereocenters. The summed E-state index contributed by atoms with van der Waals surface area (Å²) >= 11 is 0. The Labute approximate surface area is 198 Å². The molecule has 0 saturated carbocycles. The topological polar surface area (TPSA) is 83.7 Å². The Morgan fingerprint density at radius 1 is 1.12 bits per heavy atom. The average Bonchev–Trinajstić information content (AvgIpc) is 3.40. The Morgan fingerprint density at radius 2 is 1.91 bits per heavy atom. The highest BCUT2D eigenvalue weighted by Crippen LogP contribution is 2.30. The molecule has 174 valence electrons. The molecule has 7 heteroatoms. The van der Waals surface area contributed by atoms with E-state index in [0.717, 1.165) is 30.3 Å². The molecule has 0 N–H and O–H groups in total. The molecule has 3 amide bonds. The molecule has 3 aromatic rings. The highest BCUT2D eigenvalue weighted by Gasteiger charge is 2.43. The van der Waals surface area contributed by atoms with E-state index in [1.54, 1.807) is 29.2 Å². The van der Waals surface area contributed by atoms with Crippen LogP contribution in [0.5, 0.6) is 0 Å². The standard InChI is InChI=1S/C27H27N3O4/c1-18(31)29(16-15-19-7-3-2-4-8-19)23-17-25(32)30(27(23)33)21-13-11-20(12-14-21)26-28-22-9-5-6-10-24(22)34-26/h5-7,9-14,23H,2-4,8,15-17H2,1H3. The molecule has 7 nitrogen and oxygen atoms in total. The Morgan fingerprint density at radius 3 is 2.62 bits per heavy atom. The molecular formula is C27H27N3O4. The van der Waals surface area contributed by atoms with Crippen LogP contribution < -0.4 is 4.90 Å². The second-order valence-electron chi connectivity index (χ2n) is 8.89. The van der Waals surface area contributed by atoms with E-state index in [1.165, 1.54) is 30.2 Å². The third-order valence-corrected chi connectivity index (χ3v) is 6.63. The molecule has 1 saturated heterocycles.